The highest BCUT2D eigenvalue weighted by Gasteiger charge is 2.19. The van der Waals surface area contributed by atoms with Crippen molar-refractivity contribution in [2.24, 2.45) is 5.11 Å². The predicted molar refractivity (Wildman–Crippen MR) is 65.7 cm³/mol. The summed E-state index contributed by atoms with van der Waals surface area (Å²) in [7, 11) is 0. The maximum Gasteiger partial charge on any atom is 0.260 e. The summed E-state index contributed by atoms with van der Waals surface area (Å²) in [4.78, 5) is 23.2. The number of hydrogen-bond acceptors (Lipinski definition) is 4. The lowest BCUT2D eigenvalue weighted by Gasteiger charge is -2.09. The standard InChI is InChI=1S/C10H9N5OS/c11-15-14-10-12-8(16)7-5-3-1-2-4-6(5)17-9(7)13-10/h1-4H2,(H,12,13,16). The molecule has 0 bridgehead atoms. The second-order valence-electron chi connectivity index (χ2n) is 3.97. The van der Waals surface area contributed by atoms with Crippen LogP contribution in [-0.2, 0) is 12.8 Å². The normalized spacial score (nSPS) is 14.4. The lowest BCUT2D eigenvalue weighted by atomic mass is 9.97. The lowest BCUT2D eigenvalue weighted by Crippen LogP contribution is -2.09. The number of nitrogens with zero attached hydrogens (tertiary/aromatic N) is 4. The Morgan fingerprint density at radius 3 is 3.06 bits per heavy atom. The molecular formula is C10H9N5OS. The second kappa shape index (κ2) is 3.87. The summed E-state index contributed by atoms with van der Waals surface area (Å²) in [6.45, 7) is 0. The molecule has 0 unspecified atom stereocenters. The van der Waals surface area contributed by atoms with Gasteiger partial charge in [-0.05, 0) is 41.9 Å². The van der Waals surface area contributed by atoms with Gasteiger partial charge in [-0.3, -0.25) is 4.79 Å². The molecular weight excluding hydrogens is 238 g/mol. The number of hydrogen-bond donors (Lipinski definition) is 1. The van der Waals surface area contributed by atoms with Gasteiger partial charge in [0.25, 0.3) is 5.56 Å². The minimum Gasteiger partial charge on any atom is -0.305 e. The molecule has 0 aliphatic heterocycles. The van der Waals surface area contributed by atoms with Gasteiger partial charge >= 0.3 is 0 Å². The fourth-order valence-electron chi connectivity index (χ4n) is 2.24. The van der Waals surface area contributed by atoms with Gasteiger partial charge in [0.2, 0.25) is 0 Å². The first-order chi connectivity index (χ1) is 8.29. The molecule has 7 heteroatoms. The van der Waals surface area contributed by atoms with Crippen LogP contribution in [0.3, 0.4) is 0 Å². The summed E-state index contributed by atoms with van der Waals surface area (Å²) in [5.74, 6) is 0.0450. The van der Waals surface area contributed by atoms with Crippen molar-refractivity contribution in [3.63, 3.8) is 0 Å². The van der Waals surface area contributed by atoms with Crippen LogP contribution in [0.1, 0.15) is 23.3 Å². The number of aryl methyl sites for hydroxylation is 2. The van der Waals surface area contributed by atoms with E-state index in [4.69, 9.17) is 5.53 Å². The fraction of sp³-hybridized carbons (Fsp3) is 0.400. The molecule has 2 aromatic heterocycles. The summed E-state index contributed by atoms with van der Waals surface area (Å²) in [5, 5.41) is 4.03. The number of fused-ring (bicyclic) bond motifs is 3. The van der Waals surface area contributed by atoms with Crippen molar-refractivity contribution in [1.82, 2.24) is 9.97 Å². The molecule has 0 saturated carbocycles. The molecule has 6 nitrogen and oxygen atoms in total. The monoisotopic (exact) mass is 247 g/mol. The third kappa shape index (κ3) is 1.60. The van der Waals surface area contributed by atoms with Gasteiger partial charge in [0, 0.05) is 9.79 Å². The second-order valence-corrected chi connectivity index (χ2v) is 5.05. The van der Waals surface area contributed by atoms with E-state index in [1.54, 1.807) is 0 Å². The van der Waals surface area contributed by atoms with Crippen molar-refractivity contribution in [1.29, 1.82) is 0 Å². The van der Waals surface area contributed by atoms with Gasteiger partial charge in [0.15, 0.2) is 5.95 Å². The zero-order chi connectivity index (χ0) is 11.8. The molecule has 0 radical (unpaired) electrons. The van der Waals surface area contributed by atoms with Crippen LogP contribution in [0.5, 0.6) is 0 Å². The lowest BCUT2D eigenvalue weighted by molar-refractivity contribution is 0.700. The quantitative estimate of drug-likeness (QED) is 0.476. The number of nitrogens with one attached hydrogen (secondary N) is 1. The van der Waals surface area contributed by atoms with Crippen LogP contribution >= 0.6 is 11.3 Å². The van der Waals surface area contributed by atoms with Crippen molar-refractivity contribution < 1.29 is 0 Å². The van der Waals surface area contributed by atoms with Crippen LogP contribution in [-0.4, -0.2) is 9.97 Å². The third-order valence-electron chi connectivity index (χ3n) is 2.95. The first-order valence-electron chi connectivity index (χ1n) is 5.39. The highest BCUT2D eigenvalue weighted by Crippen LogP contribution is 2.33. The first kappa shape index (κ1) is 10.3. The van der Waals surface area contributed by atoms with Crippen LogP contribution in [0, 0.1) is 0 Å². The van der Waals surface area contributed by atoms with Crippen LogP contribution in [0.2, 0.25) is 0 Å². The van der Waals surface area contributed by atoms with Crippen molar-refractivity contribution in [3.05, 3.63) is 31.2 Å². The maximum absolute atomic E-state index is 11.9. The smallest absolute Gasteiger partial charge is 0.260 e. The Kier molecular flexibility index (Phi) is 2.35. The van der Waals surface area contributed by atoms with E-state index in [1.165, 1.54) is 22.6 Å². The van der Waals surface area contributed by atoms with Crippen molar-refractivity contribution >= 4 is 27.5 Å². The minimum absolute atomic E-state index is 0.0450. The average Bonchev–Trinajstić information content (AvgIpc) is 2.67. The SMILES string of the molecule is [N-]=[N+]=Nc1nc2sc3c(c2c(=O)[nH]1)CCCC3. The van der Waals surface area contributed by atoms with Crippen LogP contribution < -0.4 is 5.56 Å². The molecule has 3 rings (SSSR count). The molecule has 0 fully saturated rings. The molecule has 0 atom stereocenters. The summed E-state index contributed by atoms with van der Waals surface area (Å²) in [5.41, 5.74) is 9.28. The van der Waals surface area contributed by atoms with Crippen LogP contribution in [0.25, 0.3) is 20.7 Å². The predicted octanol–water partition coefficient (Wildman–Crippen LogP) is 2.81. The number of azide groups is 1. The van der Waals surface area contributed by atoms with Crippen molar-refractivity contribution in [3.8, 4) is 0 Å². The number of thiophene rings is 1. The Labute approximate surface area is 99.9 Å². The molecule has 0 spiro atoms. The number of rotatable bonds is 1. The zero-order valence-corrected chi connectivity index (χ0v) is 9.75. The summed E-state index contributed by atoms with van der Waals surface area (Å²) < 4.78 is 0. The fourth-order valence-corrected chi connectivity index (χ4v) is 3.50. The topological polar surface area (TPSA) is 94.5 Å². The highest BCUT2D eigenvalue weighted by atomic mass is 32.1. The van der Waals surface area contributed by atoms with Gasteiger partial charge in [-0.15, -0.1) is 11.3 Å². The molecule has 0 saturated heterocycles. The van der Waals surface area contributed by atoms with E-state index in [0.29, 0.717) is 10.2 Å². The van der Waals surface area contributed by atoms with E-state index < -0.39 is 0 Å². The number of aromatic amines is 1. The Morgan fingerprint density at radius 1 is 1.41 bits per heavy atom. The van der Waals surface area contributed by atoms with Crippen molar-refractivity contribution in [2.75, 3.05) is 0 Å². The molecule has 1 N–H and O–H groups in total. The molecule has 0 amide bonds. The molecule has 2 aromatic rings. The maximum atomic E-state index is 11.9. The van der Waals surface area contributed by atoms with Gasteiger partial charge in [-0.1, -0.05) is 0 Å². The summed E-state index contributed by atoms with van der Waals surface area (Å²) >= 11 is 1.54. The Bertz CT molecular complexity index is 695. The summed E-state index contributed by atoms with van der Waals surface area (Å²) in [6, 6.07) is 0. The largest absolute Gasteiger partial charge is 0.305 e. The van der Waals surface area contributed by atoms with Crippen molar-refractivity contribution in [2.45, 2.75) is 25.7 Å². The highest BCUT2D eigenvalue weighted by molar-refractivity contribution is 7.18. The number of aromatic nitrogens is 2. The first-order valence-corrected chi connectivity index (χ1v) is 6.21. The van der Waals surface area contributed by atoms with Gasteiger partial charge < -0.3 is 4.98 Å². The molecule has 2 heterocycles. The molecule has 1 aliphatic rings. The van der Waals surface area contributed by atoms with Gasteiger partial charge in [0.1, 0.15) is 4.83 Å². The van der Waals surface area contributed by atoms with E-state index in [1.807, 2.05) is 0 Å². The van der Waals surface area contributed by atoms with Gasteiger partial charge in [-0.2, -0.15) is 0 Å². The molecule has 1 aliphatic carbocycles. The average molecular weight is 247 g/mol. The molecule has 86 valence electrons. The van der Waals surface area contributed by atoms with E-state index in [-0.39, 0.29) is 11.5 Å². The van der Waals surface area contributed by atoms with Crippen LogP contribution in [0.4, 0.5) is 5.95 Å². The van der Waals surface area contributed by atoms with E-state index in [0.717, 1.165) is 24.8 Å². The van der Waals surface area contributed by atoms with E-state index in [2.05, 4.69) is 20.0 Å². The Morgan fingerprint density at radius 2 is 2.24 bits per heavy atom. The molecule has 17 heavy (non-hydrogen) atoms. The minimum atomic E-state index is -0.197. The van der Waals surface area contributed by atoms with E-state index >= 15 is 0 Å². The summed E-state index contributed by atoms with van der Waals surface area (Å²) in [6.07, 6.45) is 4.25. The Hall–Kier alpha value is -1.85. The Balaban J connectivity index is 2.34. The van der Waals surface area contributed by atoms with Gasteiger partial charge in [0.05, 0.1) is 5.39 Å². The van der Waals surface area contributed by atoms with Crippen LogP contribution in [0.15, 0.2) is 9.91 Å². The third-order valence-corrected chi connectivity index (χ3v) is 4.14. The van der Waals surface area contributed by atoms with Gasteiger partial charge in [-0.25, -0.2) is 4.98 Å². The molecule has 0 aromatic carbocycles. The number of H-pyrrole nitrogens is 1. The van der Waals surface area contributed by atoms with E-state index in [9.17, 15) is 4.79 Å². The zero-order valence-electron chi connectivity index (χ0n) is 8.93.